The number of hydrogen-bond acceptors (Lipinski definition) is 7. The van der Waals surface area contributed by atoms with Crippen LogP contribution in [0.3, 0.4) is 0 Å². The van der Waals surface area contributed by atoms with E-state index in [1.165, 1.54) is 48.5 Å². The molecule has 3 rings (SSSR count). The number of ether oxygens (including phenoxy) is 2. The minimum Gasteiger partial charge on any atom is -0.478 e. The minimum absolute atomic E-state index is 0.0157. The number of nitrogens with one attached hydrogen (secondary N) is 2. The third-order valence-corrected chi connectivity index (χ3v) is 5.48. The molecular weight excluding hydrogens is 516 g/mol. The second-order valence-corrected chi connectivity index (χ2v) is 8.61. The van der Waals surface area contributed by atoms with Crippen molar-refractivity contribution in [2.75, 3.05) is 0 Å². The van der Waals surface area contributed by atoms with Gasteiger partial charge in [0.05, 0.1) is 11.1 Å². The van der Waals surface area contributed by atoms with Gasteiger partial charge in [0.25, 0.3) is 11.8 Å². The standard InChI is InChI=1S/C27H23ClN2O8/c1-15-3-7-18(8-4-15)26(35)37-21(24(32)30-29-23(31)17-11-13-20(28)14-12-17)22(25(33)34)38-27(36)19-9-5-16(2)6-10-19/h3-14,21-22H,1-2H3,(H,29,31)(H,30,32)(H,33,34)/t21-,22-/m1/s1. The zero-order valence-electron chi connectivity index (χ0n) is 20.3. The third kappa shape index (κ3) is 7.40. The van der Waals surface area contributed by atoms with Gasteiger partial charge in [0.15, 0.2) is 0 Å². The van der Waals surface area contributed by atoms with Gasteiger partial charge in [-0.1, -0.05) is 47.0 Å². The first kappa shape index (κ1) is 27.9. The van der Waals surface area contributed by atoms with E-state index in [1.807, 2.05) is 5.43 Å². The summed E-state index contributed by atoms with van der Waals surface area (Å²) in [5.41, 5.74) is 5.96. The number of esters is 2. The molecule has 10 nitrogen and oxygen atoms in total. The van der Waals surface area contributed by atoms with Crippen molar-refractivity contribution in [3.8, 4) is 0 Å². The molecule has 0 radical (unpaired) electrons. The van der Waals surface area contributed by atoms with Crippen molar-refractivity contribution < 1.29 is 38.6 Å². The molecule has 38 heavy (non-hydrogen) atoms. The number of hydrogen-bond donors (Lipinski definition) is 3. The van der Waals surface area contributed by atoms with Gasteiger partial charge in [-0.3, -0.25) is 20.4 Å². The third-order valence-electron chi connectivity index (χ3n) is 5.22. The number of carboxylic acid groups (broad SMARTS) is 1. The number of carbonyl (C=O) groups excluding carboxylic acids is 4. The van der Waals surface area contributed by atoms with Crippen molar-refractivity contribution in [3.05, 3.63) is 106 Å². The molecule has 0 aliphatic carbocycles. The summed E-state index contributed by atoms with van der Waals surface area (Å²) in [6.45, 7) is 3.58. The van der Waals surface area contributed by atoms with Crippen LogP contribution in [0.5, 0.6) is 0 Å². The van der Waals surface area contributed by atoms with Crippen LogP contribution in [0.15, 0.2) is 72.8 Å². The van der Waals surface area contributed by atoms with E-state index in [9.17, 15) is 29.1 Å². The van der Waals surface area contributed by atoms with E-state index in [-0.39, 0.29) is 16.7 Å². The molecule has 0 saturated heterocycles. The second-order valence-electron chi connectivity index (χ2n) is 8.17. The minimum atomic E-state index is -2.24. The molecule has 0 bridgehead atoms. The average Bonchev–Trinajstić information content (AvgIpc) is 2.89. The molecule has 2 amide bonds. The molecule has 0 fully saturated rings. The fourth-order valence-corrected chi connectivity index (χ4v) is 3.23. The summed E-state index contributed by atoms with van der Waals surface area (Å²) in [5, 5.41) is 10.2. The molecule has 0 unspecified atom stereocenters. The van der Waals surface area contributed by atoms with Gasteiger partial charge in [0.2, 0.25) is 12.2 Å². The van der Waals surface area contributed by atoms with Crippen molar-refractivity contribution in [2.45, 2.75) is 26.1 Å². The summed E-state index contributed by atoms with van der Waals surface area (Å²) in [5.74, 6) is -5.89. The molecule has 2 atom stereocenters. The predicted octanol–water partition coefficient (Wildman–Crippen LogP) is 3.25. The van der Waals surface area contributed by atoms with E-state index in [0.717, 1.165) is 11.1 Å². The van der Waals surface area contributed by atoms with E-state index in [2.05, 4.69) is 5.43 Å². The quantitative estimate of drug-likeness (QED) is 0.292. The zero-order valence-corrected chi connectivity index (χ0v) is 21.0. The number of amides is 2. The van der Waals surface area contributed by atoms with Gasteiger partial charge in [-0.25, -0.2) is 14.4 Å². The number of benzene rings is 3. The summed E-state index contributed by atoms with van der Waals surface area (Å²) in [4.78, 5) is 62.8. The van der Waals surface area contributed by atoms with Crippen LogP contribution in [-0.4, -0.2) is 47.0 Å². The zero-order chi connectivity index (χ0) is 27.8. The van der Waals surface area contributed by atoms with Gasteiger partial charge < -0.3 is 14.6 Å². The lowest BCUT2D eigenvalue weighted by molar-refractivity contribution is -0.159. The highest BCUT2D eigenvalue weighted by atomic mass is 35.5. The number of rotatable bonds is 8. The maximum Gasteiger partial charge on any atom is 0.349 e. The van der Waals surface area contributed by atoms with E-state index < -0.39 is 41.9 Å². The lowest BCUT2D eigenvalue weighted by atomic mass is 10.1. The summed E-state index contributed by atoms with van der Waals surface area (Å²) in [7, 11) is 0. The lowest BCUT2D eigenvalue weighted by Gasteiger charge is -2.23. The van der Waals surface area contributed by atoms with Gasteiger partial charge in [-0.05, 0) is 62.4 Å². The van der Waals surface area contributed by atoms with Crippen LogP contribution in [0.1, 0.15) is 42.2 Å². The van der Waals surface area contributed by atoms with Crippen LogP contribution in [-0.2, 0) is 19.1 Å². The van der Waals surface area contributed by atoms with Crippen LogP contribution in [0.2, 0.25) is 5.02 Å². The molecule has 0 aromatic heterocycles. The van der Waals surface area contributed by atoms with Crippen LogP contribution in [0, 0.1) is 13.8 Å². The molecular formula is C27H23ClN2O8. The van der Waals surface area contributed by atoms with Crippen molar-refractivity contribution in [3.63, 3.8) is 0 Å². The second kappa shape index (κ2) is 12.5. The monoisotopic (exact) mass is 538 g/mol. The van der Waals surface area contributed by atoms with Gasteiger partial charge in [0, 0.05) is 10.6 Å². The first-order chi connectivity index (χ1) is 18.0. The Morgan fingerprint density at radius 2 is 1.08 bits per heavy atom. The number of carbonyl (C=O) groups is 5. The predicted molar refractivity (Wildman–Crippen MR) is 135 cm³/mol. The number of halogens is 1. The normalized spacial score (nSPS) is 12.0. The van der Waals surface area contributed by atoms with Gasteiger partial charge in [0.1, 0.15) is 0 Å². The van der Waals surface area contributed by atoms with Crippen LogP contribution in [0.4, 0.5) is 0 Å². The Hall–Kier alpha value is -4.70. The molecule has 0 aliphatic rings. The molecule has 196 valence electrons. The molecule has 0 spiro atoms. The maximum absolute atomic E-state index is 13.0. The summed E-state index contributed by atoms with van der Waals surface area (Å²) >= 11 is 5.80. The fraction of sp³-hybridized carbons (Fsp3) is 0.148. The van der Waals surface area contributed by atoms with Crippen LogP contribution < -0.4 is 10.9 Å². The Bertz CT molecular complexity index is 1340. The number of aliphatic carboxylic acids is 1. The Labute approximate surface area is 222 Å². The molecule has 11 heteroatoms. The Kier molecular flexibility index (Phi) is 9.18. The Balaban J connectivity index is 1.84. The largest absolute Gasteiger partial charge is 0.478 e. The molecule has 0 aliphatic heterocycles. The van der Waals surface area contributed by atoms with Crippen molar-refractivity contribution >= 4 is 41.3 Å². The van der Waals surface area contributed by atoms with Gasteiger partial charge in [-0.2, -0.15) is 0 Å². The highest BCUT2D eigenvalue weighted by molar-refractivity contribution is 6.30. The van der Waals surface area contributed by atoms with Crippen LogP contribution >= 0.6 is 11.6 Å². The average molecular weight is 539 g/mol. The van der Waals surface area contributed by atoms with E-state index >= 15 is 0 Å². The summed E-state index contributed by atoms with van der Waals surface area (Å²) < 4.78 is 10.3. The molecule has 0 saturated carbocycles. The highest BCUT2D eigenvalue weighted by Gasteiger charge is 2.41. The van der Waals surface area contributed by atoms with Gasteiger partial charge in [-0.15, -0.1) is 0 Å². The Morgan fingerprint density at radius 1 is 0.658 bits per heavy atom. The van der Waals surface area contributed by atoms with Crippen LogP contribution in [0.25, 0.3) is 0 Å². The first-order valence-electron chi connectivity index (χ1n) is 11.2. The van der Waals surface area contributed by atoms with Crippen molar-refractivity contribution in [1.29, 1.82) is 0 Å². The molecule has 0 heterocycles. The Morgan fingerprint density at radius 3 is 1.53 bits per heavy atom. The van der Waals surface area contributed by atoms with E-state index in [1.54, 1.807) is 38.1 Å². The first-order valence-corrected chi connectivity index (χ1v) is 11.6. The number of carboxylic acids is 1. The molecule has 3 N–H and O–H groups in total. The maximum atomic E-state index is 13.0. The van der Waals surface area contributed by atoms with Gasteiger partial charge >= 0.3 is 17.9 Å². The smallest absolute Gasteiger partial charge is 0.349 e. The SMILES string of the molecule is Cc1ccc(C(=O)O[C@@H](C(=O)O)[C@@H](OC(=O)c2ccc(C)cc2)C(=O)NNC(=O)c2ccc(Cl)cc2)cc1. The fourth-order valence-electron chi connectivity index (χ4n) is 3.10. The summed E-state index contributed by atoms with van der Waals surface area (Å²) in [6.07, 6.45) is -4.41. The number of hydrazine groups is 1. The topological polar surface area (TPSA) is 148 Å². The van der Waals surface area contributed by atoms with Crippen molar-refractivity contribution in [2.24, 2.45) is 0 Å². The van der Waals surface area contributed by atoms with Crippen molar-refractivity contribution in [1.82, 2.24) is 10.9 Å². The lowest BCUT2D eigenvalue weighted by Crippen LogP contribution is -2.54. The summed E-state index contributed by atoms with van der Waals surface area (Å²) in [6, 6.07) is 17.8. The van der Waals surface area contributed by atoms with E-state index in [4.69, 9.17) is 21.1 Å². The molecule has 3 aromatic carbocycles. The highest BCUT2D eigenvalue weighted by Crippen LogP contribution is 2.15. The number of aryl methyl sites for hydroxylation is 2. The molecule has 3 aromatic rings. The van der Waals surface area contributed by atoms with E-state index in [0.29, 0.717) is 5.02 Å².